The number of thioether (sulfide) groups is 1. The average molecular weight is 330 g/mol. The number of aromatic nitrogens is 1. The highest BCUT2D eigenvalue weighted by Gasteiger charge is 2.20. The number of nitrogens with one attached hydrogen (secondary N) is 1. The maximum atomic E-state index is 12.5. The lowest BCUT2D eigenvalue weighted by atomic mass is 9.98. The molecule has 0 fully saturated rings. The molecule has 2 aromatic rings. The van der Waals surface area contributed by atoms with E-state index in [0.29, 0.717) is 10.9 Å². The van der Waals surface area contributed by atoms with Crippen LogP contribution in [0, 0.1) is 12.1 Å². The molecule has 1 N–H and O–H groups in total. The van der Waals surface area contributed by atoms with Crippen LogP contribution in [-0.4, -0.2) is 11.2 Å². The number of aryl methyl sites for hydroxylation is 1. The van der Waals surface area contributed by atoms with Crippen LogP contribution in [-0.2, 0) is 4.79 Å². The predicted molar refractivity (Wildman–Crippen MR) is 94.6 cm³/mol. The summed E-state index contributed by atoms with van der Waals surface area (Å²) in [6, 6.07) is 11.2. The summed E-state index contributed by atoms with van der Waals surface area (Å²) >= 11 is 1.26. The van der Waals surface area contributed by atoms with Crippen molar-refractivity contribution in [3.05, 3.63) is 58.9 Å². The van der Waals surface area contributed by atoms with Gasteiger partial charge >= 0.3 is 0 Å². The van der Waals surface area contributed by atoms with Gasteiger partial charge in [0.1, 0.15) is 0 Å². The highest BCUT2D eigenvalue weighted by molar-refractivity contribution is 8.00. The Morgan fingerprint density at radius 3 is 2.57 bits per heavy atom. The third-order valence-electron chi connectivity index (χ3n) is 3.63. The molecule has 0 saturated carbocycles. The second-order valence-electron chi connectivity index (χ2n) is 5.81. The summed E-state index contributed by atoms with van der Waals surface area (Å²) in [6.45, 7) is 8.00. The number of hydrogen-bond acceptors (Lipinski definition) is 3. The van der Waals surface area contributed by atoms with E-state index in [1.165, 1.54) is 18.0 Å². The molecule has 0 aliphatic heterocycles. The Morgan fingerprint density at radius 1 is 1.17 bits per heavy atom. The number of amides is 1. The highest BCUT2D eigenvalue weighted by atomic mass is 32.2. The minimum Gasteiger partial charge on any atom is -0.618 e. The largest absolute Gasteiger partial charge is 0.618 e. The standard InChI is InChI=1S/C18H22N2O2S/c1-12(2)15-9-7-8-13(3)17(15)19-18(21)14(4)23-16-10-5-6-11-20(16)22/h5-12,14H,1-4H3,(H,19,21)/t14-/m0/s1. The van der Waals surface area contributed by atoms with Gasteiger partial charge in [-0.2, -0.15) is 4.73 Å². The van der Waals surface area contributed by atoms with Crippen molar-refractivity contribution in [3.8, 4) is 0 Å². The number of anilines is 1. The Balaban J connectivity index is 2.15. The maximum absolute atomic E-state index is 12.5. The van der Waals surface area contributed by atoms with E-state index < -0.39 is 0 Å². The molecule has 1 heterocycles. The fourth-order valence-electron chi connectivity index (χ4n) is 2.31. The maximum Gasteiger partial charge on any atom is 0.252 e. The van der Waals surface area contributed by atoms with Gasteiger partial charge < -0.3 is 10.5 Å². The van der Waals surface area contributed by atoms with Crippen LogP contribution >= 0.6 is 11.8 Å². The zero-order valence-electron chi connectivity index (χ0n) is 13.9. The zero-order chi connectivity index (χ0) is 17.0. The topological polar surface area (TPSA) is 56.0 Å². The Bertz CT molecular complexity index is 701. The van der Waals surface area contributed by atoms with Crippen LogP contribution in [0.15, 0.2) is 47.6 Å². The summed E-state index contributed by atoms with van der Waals surface area (Å²) < 4.78 is 0.780. The van der Waals surface area contributed by atoms with Crippen molar-refractivity contribution in [2.24, 2.45) is 0 Å². The number of hydrogen-bond donors (Lipinski definition) is 1. The Hall–Kier alpha value is -2.01. The van der Waals surface area contributed by atoms with E-state index in [1.54, 1.807) is 25.1 Å². The fraction of sp³-hybridized carbons (Fsp3) is 0.333. The summed E-state index contributed by atoms with van der Waals surface area (Å²) in [5.74, 6) is 0.223. The Labute approximate surface area is 141 Å². The van der Waals surface area contributed by atoms with E-state index in [0.717, 1.165) is 21.5 Å². The molecular formula is C18H22N2O2S. The number of carbonyl (C=O) groups is 1. The van der Waals surface area contributed by atoms with Crippen LogP contribution in [0.3, 0.4) is 0 Å². The molecule has 0 radical (unpaired) electrons. The number of carbonyl (C=O) groups excluding carboxylic acids is 1. The average Bonchev–Trinajstić information content (AvgIpc) is 2.51. The van der Waals surface area contributed by atoms with E-state index in [1.807, 2.05) is 25.1 Å². The summed E-state index contributed by atoms with van der Waals surface area (Å²) in [7, 11) is 0. The van der Waals surface area contributed by atoms with Crippen molar-refractivity contribution in [1.29, 1.82) is 0 Å². The van der Waals surface area contributed by atoms with Crippen molar-refractivity contribution in [2.45, 2.75) is 43.9 Å². The molecule has 23 heavy (non-hydrogen) atoms. The molecule has 1 aromatic heterocycles. The third-order valence-corrected chi connectivity index (χ3v) is 4.76. The quantitative estimate of drug-likeness (QED) is 0.514. The van der Waals surface area contributed by atoms with Crippen molar-refractivity contribution in [1.82, 2.24) is 0 Å². The molecule has 1 amide bonds. The predicted octanol–water partition coefficient (Wildman–Crippen LogP) is 3.87. The first-order valence-corrected chi connectivity index (χ1v) is 8.53. The van der Waals surface area contributed by atoms with Crippen LogP contribution in [0.1, 0.15) is 37.8 Å². The first-order valence-electron chi connectivity index (χ1n) is 7.65. The van der Waals surface area contributed by atoms with Crippen LogP contribution in [0.25, 0.3) is 0 Å². The van der Waals surface area contributed by atoms with Crippen molar-refractivity contribution in [3.63, 3.8) is 0 Å². The van der Waals surface area contributed by atoms with E-state index in [4.69, 9.17) is 0 Å². The minimum atomic E-state index is -0.364. The highest BCUT2D eigenvalue weighted by Crippen LogP contribution is 2.28. The van der Waals surface area contributed by atoms with Gasteiger partial charge in [0.2, 0.25) is 5.91 Å². The normalized spacial score (nSPS) is 12.2. The molecule has 5 heteroatoms. The van der Waals surface area contributed by atoms with Gasteiger partial charge in [-0.1, -0.05) is 32.0 Å². The molecule has 0 aliphatic carbocycles. The van der Waals surface area contributed by atoms with E-state index in [2.05, 4.69) is 19.2 Å². The van der Waals surface area contributed by atoms with E-state index in [9.17, 15) is 10.0 Å². The molecule has 2 rings (SSSR count). The fourth-order valence-corrected chi connectivity index (χ4v) is 3.16. The Morgan fingerprint density at radius 2 is 1.91 bits per heavy atom. The lowest BCUT2D eigenvalue weighted by Crippen LogP contribution is -2.31. The first-order chi connectivity index (χ1) is 10.9. The number of pyridine rings is 1. The van der Waals surface area contributed by atoms with Gasteiger partial charge in [-0.25, -0.2) is 0 Å². The van der Waals surface area contributed by atoms with Crippen molar-refractivity contribution < 1.29 is 9.52 Å². The molecule has 0 bridgehead atoms. The lowest BCUT2D eigenvalue weighted by Gasteiger charge is -2.18. The van der Waals surface area contributed by atoms with Crippen LogP contribution in [0.4, 0.5) is 5.69 Å². The molecule has 0 spiro atoms. The van der Waals surface area contributed by atoms with Gasteiger partial charge in [0.15, 0.2) is 6.20 Å². The van der Waals surface area contributed by atoms with E-state index >= 15 is 0 Å². The molecule has 122 valence electrons. The van der Waals surface area contributed by atoms with Gasteiger partial charge in [0.05, 0.1) is 5.25 Å². The van der Waals surface area contributed by atoms with Gasteiger partial charge in [0, 0.05) is 17.8 Å². The van der Waals surface area contributed by atoms with Crippen LogP contribution in [0.2, 0.25) is 0 Å². The second-order valence-corrected chi connectivity index (χ2v) is 7.17. The lowest BCUT2D eigenvalue weighted by molar-refractivity contribution is -0.645. The van der Waals surface area contributed by atoms with Gasteiger partial charge in [-0.15, -0.1) is 0 Å². The van der Waals surface area contributed by atoms with Crippen LogP contribution < -0.4 is 10.0 Å². The van der Waals surface area contributed by atoms with Crippen molar-refractivity contribution in [2.75, 3.05) is 5.32 Å². The molecule has 0 aliphatic rings. The minimum absolute atomic E-state index is 0.102. The third kappa shape index (κ3) is 4.26. The zero-order valence-corrected chi connectivity index (χ0v) is 14.7. The van der Waals surface area contributed by atoms with Gasteiger partial charge in [-0.05, 0) is 48.7 Å². The van der Waals surface area contributed by atoms with Crippen molar-refractivity contribution >= 4 is 23.4 Å². The van der Waals surface area contributed by atoms with E-state index in [-0.39, 0.29) is 11.2 Å². The summed E-state index contributed by atoms with van der Waals surface area (Å²) in [6.07, 6.45) is 1.44. The molecule has 1 atom stereocenters. The second kappa shape index (κ2) is 7.51. The molecule has 0 unspecified atom stereocenters. The van der Waals surface area contributed by atoms with Gasteiger partial charge in [0.25, 0.3) is 5.03 Å². The first kappa shape index (κ1) is 17.3. The molecule has 1 aromatic carbocycles. The Kier molecular flexibility index (Phi) is 5.66. The summed E-state index contributed by atoms with van der Waals surface area (Å²) in [4.78, 5) is 12.5. The molecular weight excluding hydrogens is 308 g/mol. The SMILES string of the molecule is Cc1cccc(C(C)C)c1NC(=O)[C@H](C)Sc1cccc[n+]1[O-]. The summed E-state index contributed by atoms with van der Waals surface area (Å²) in [5.41, 5.74) is 3.04. The number of nitrogens with zero attached hydrogens (tertiary/aromatic N) is 1. The number of para-hydroxylation sites is 1. The smallest absolute Gasteiger partial charge is 0.252 e. The van der Waals surface area contributed by atoms with Crippen LogP contribution in [0.5, 0.6) is 0 Å². The number of rotatable bonds is 5. The van der Waals surface area contributed by atoms with Gasteiger partial charge in [-0.3, -0.25) is 4.79 Å². The number of benzene rings is 1. The molecule has 0 saturated heterocycles. The summed E-state index contributed by atoms with van der Waals surface area (Å²) in [5, 5.41) is 14.9. The monoisotopic (exact) mass is 330 g/mol. The molecule has 4 nitrogen and oxygen atoms in total.